The summed E-state index contributed by atoms with van der Waals surface area (Å²) in [7, 11) is 1.54. The van der Waals surface area contributed by atoms with Gasteiger partial charge >= 0.3 is 0 Å². The number of rotatable bonds is 4. The molecule has 0 aliphatic rings. The molecule has 2 aromatic rings. The van der Waals surface area contributed by atoms with Gasteiger partial charge in [0.15, 0.2) is 0 Å². The van der Waals surface area contributed by atoms with E-state index in [9.17, 15) is 5.11 Å². The van der Waals surface area contributed by atoms with Crippen LogP contribution in [0.15, 0.2) is 36.5 Å². The zero-order valence-electron chi connectivity index (χ0n) is 10.3. The second-order valence-electron chi connectivity index (χ2n) is 4.05. The number of ether oxygens (including phenoxy) is 1. The van der Waals surface area contributed by atoms with Crippen LogP contribution in [0, 0.1) is 0 Å². The van der Waals surface area contributed by atoms with E-state index in [1.165, 1.54) is 0 Å². The van der Waals surface area contributed by atoms with Gasteiger partial charge in [0.25, 0.3) is 0 Å². The second-order valence-corrected chi connectivity index (χ2v) is 4.89. The fourth-order valence-corrected chi connectivity index (χ4v) is 2.30. The molecule has 1 unspecified atom stereocenters. The number of pyridine rings is 1. The van der Waals surface area contributed by atoms with Gasteiger partial charge in [-0.15, -0.1) is 0 Å². The molecule has 0 saturated heterocycles. The molecule has 1 atom stereocenters. The number of aliphatic hydroxyl groups is 1. The molecule has 2 rings (SSSR count). The molecule has 1 N–H and O–H groups in total. The zero-order valence-corrected chi connectivity index (χ0v) is 11.8. The number of benzene rings is 1. The zero-order chi connectivity index (χ0) is 13.8. The maximum atomic E-state index is 10.2. The number of hydrogen-bond donors (Lipinski definition) is 1. The molecule has 1 heterocycles. The lowest BCUT2D eigenvalue weighted by molar-refractivity contribution is 0.169. The Bertz CT molecular complexity index is 575. The van der Waals surface area contributed by atoms with Gasteiger partial charge in [-0.1, -0.05) is 29.3 Å². The van der Waals surface area contributed by atoms with E-state index < -0.39 is 6.10 Å². The maximum absolute atomic E-state index is 10.2. The molecule has 0 bridgehead atoms. The minimum Gasteiger partial charge on any atom is -0.495 e. The van der Waals surface area contributed by atoms with Gasteiger partial charge in [-0.3, -0.25) is 4.98 Å². The molecule has 0 radical (unpaired) electrons. The first-order chi connectivity index (χ1) is 9.11. The van der Waals surface area contributed by atoms with Crippen molar-refractivity contribution in [2.24, 2.45) is 0 Å². The van der Waals surface area contributed by atoms with Crippen LogP contribution in [-0.2, 0) is 6.42 Å². The van der Waals surface area contributed by atoms with Crippen molar-refractivity contribution in [3.63, 3.8) is 0 Å². The van der Waals surface area contributed by atoms with Gasteiger partial charge in [-0.05, 0) is 29.8 Å². The molecule has 0 aliphatic heterocycles. The third-order valence-electron chi connectivity index (χ3n) is 2.76. The number of nitrogens with zero attached hydrogens (tertiary/aromatic N) is 1. The van der Waals surface area contributed by atoms with Crippen molar-refractivity contribution in [2.75, 3.05) is 7.11 Å². The van der Waals surface area contributed by atoms with Crippen LogP contribution in [0.5, 0.6) is 5.75 Å². The van der Waals surface area contributed by atoms with Gasteiger partial charge in [-0.25, -0.2) is 0 Å². The highest BCUT2D eigenvalue weighted by atomic mass is 35.5. The van der Waals surface area contributed by atoms with Crippen molar-refractivity contribution in [1.82, 2.24) is 4.98 Å². The molecule has 19 heavy (non-hydrogen) atoms. The van der Waals surface area contributed by atoms with Crippen LogP contribution in [0.4, 0.5) is 0 Å². The van der Waals surface area contributed by atoms with Crippen LogP contribution in [0.2, 0.25) is 10.0 Å². The third-order valence-corrected chi connectivity index (χ3v) is 3.35. The van der Waals surface area contributed by atoms with Gasteiger partial charge in [-0.2, -0.15) is 0 Å². The molecule has 100 valence electrons. The topological polar surface area (TPSA) is 42.4 Å². The summed E-state index contributed by atoms with van der Waals surface area (Å²) in [6.45, 7) is 0. The monoisotopic (exact) mass is 297 g/mol. The summed E-state index contributed by atoms with van der Waals surface area (Å²) in [5.74, 6) is 0.556. The summed E-state index contributed by atoms with van der Waals surface area (Å²) >= 11 is 11.9. The van der Waals surface area contributed by atoms with Gasteiger partial charge in [0, 0.05) is 22.7 Å². The Morgan fingerprint density at radius 3 is 2.79 bits per heavy atom. The summed E-state index contributed by atoms with van der Waals surface area (Å²) in [4.78, 5) is 4.15. The molecular formula is C14H13Cl2NO2. The smallest absolute Gasteiger partial charge is 0.143 e. The summed E-state index contributed by atoms with van der Waals surface area (Å²) in [6, 6.07) is 8.70. The average Bonchev–Trinajstić information content (AvgIpc) is 2.41. The summed E-state index contributed by atoms with van der Waals surface area (Å²) in [5.41, 5.74) is 1.31. The lowest BCUT2D eigenvalue weighted by Gasteiger charge is -2.14. The molecule has 3 nitrogen and oxygen atoms in total. The third kappa shape index (κ3) is 3.38. The molecular weight excluding hydrogens is 285 g/mol. The summed E-state index contributed by atoms with van der Waals surface area (Å²) in [6.07, 6.45) is 1.18. The minimum atomic E-state index is -0.783. The number of aromatic nitrogens is 1. The van der Waals surface area contributed by atoms with E-state index in [2.05, 4.69) is 4.98 Å². The lowest BCUT2D eigenvalue weighted by Crippen LogP contribution is -2.06. The predicted octanol–water partition coefficient (Wildman–Crippen LogP) is 3.67. The number of aliphatic hydroxyl groups excluding tert-OH is 1. The normalized spacial score (nSPS) is 12.2. The fourth-order valence-electron chi connectivity index (χ4n) is 1.82. The van der Waals surface area contributed by atoms with Crippen molar-refractivity contribution < 1.29 is 9.84 Å². The van der Waals surface area contributed by atoms with Gasteiger partial charge < -0.3 is 9.84 Å². The van der Waals surface area contributed by atoms with Crippen LogP contribution >= 0.6 is 23.2 Å². The van der Waals surface area contributed by atoms with Crippen LogP contribution in [-0.4, -0.2) is 17.2 Å². The average molecular weight is 298 g/mol. The second kappa shape index (κ2) is 6.24. The van der Waals surface area contributed by atoms with Gasteiger partial charge in [0.05, 0.1) is 7.11 Å². The van der Waals surface area contributed by atoms with Crippen LogP contribution in [0.3, 0.4) is 0 Å². The maximum Gasteiger partial charge on any atom is 0.143 e. The largest absolute Gasteiger partial charge is 0.495 e. The highest BCUT2D eigenvalue weighted by Crippen LogP contribution is 2.28. The number of halogens is 2. The molecule has 0 spiro atoms. The summed E-state index contributed by atoms with van der Waals surface area (Å²) < 4.78 is 5.18. The van der Waals surface area contributed by atoms with Crippen molar-refractivity contribution in [3.05, 3.63) is 57.8 Å². The minimum absolute atomic E-state index is 0.351. The van der Waals surface area contributed by atoms with Crippen molar-refractivity contribution in [2.45, 2.75) is 12.5 Å². The molecule has 5 heteroatoms. The van der Waals surface area contributed by atoms with Crippen LogP contribution in [0.1, 0.15) is 17.4 Å². The Morgan fingerprint density at radius 1 is 1.32 bits per heavy atom. The standard InChI is InChI=1S/C14H13Cl2NO2/c1-19-13-3-2-6-17-14(13)12(18)7-9-4-5-10(15)8-11(9)16/h2-6,8,12,18H,7H2,1H3. The number of methoxy groups -OCH3 is 1. The Hall–Kier alpha value is -1.29. The highest BCUT2D eigenvalue weighted by molar-refractivity contribution is 6.35. The van der Waals surface area contributed by atoms with E-state index in [4.69, 9.17) is 27.9 Å². The lowest BCUT2D eigenvalue weighted by atomic mass is 10.0. The van der Waals surface area contributed by atoms with Crippen molar-refractivity contribution in [3.8, 4) is 5.75 Å². The van der Waals surface area contributed by atoms with E-state index >= 15 is 0 Å². The molecule has 0 fully saturated rings. The molecule has 1 aromatic heterocycles. The van der Waals surface area contributed by atoms with Gasteiger partial charge in [0.1, 0.15) is 17.5 Å². The Kier molecular flexibility index (Phi) is 4.64. The number of hydrogen-bond acceptors (Lipinski definition) is 3. The van der Waals surface area contributed by atoms with Crippen molar-refractivity contribution >= 4 is 23.2 Å². The molecule has 1 aromatic carbocycles. The molecule has 0 aliphatic carbocycles. The van der Waals surface area contributed by atoms with E-state index in [1.54, 1.807) is 43.6 Å². The first-order valence-corrected chi connectivity index (χ1v) is 6.48. The Balaban J connectivity index is 2.23. The predicted molar refractivity (Wildman–Crippen MR) is 75.9 cm³/mol. The first kappa shape index (κ1) is 14.1. The van der Waals surface area contributed by atoms with Crippen LogP contribution < -0.4 is 4.74 Å². The van der Waals surface area contributed by atoms with Gasteiger partial charge in [0.2, 0.25) is 0 Å². The quantitative estimate of drug-likeness (QED) is 0.936. The first-order valence-electron chi connectivity index (χ1n) is 5.72. The highest BCUT2D eigenvalue weighted by Gasteiger charge is 2.16. The van der Waals surface area contributed by atoms with E-state index in [-0.39, 0.29) is 0 Å². The fraction of sp³-hybridized carbons (Fsp3) is 0.214. The van der Waals surface area contributed by atoms with E-state index in [1.807, 2.05) is 0 Å². The van der Waals surface area contributed by atoms with E-state index in [0.717, 1.165) is 5.56 Å². The molecule has 0 amide bonds. The van der Waals surface area contributed by atoms with Crippen molar-refractivity contribution in [1.29, 1.82) is 0 Å². The summed E-state index contributed by atoms with van der Waals surface area (Å²) in [5, 5.41) is 11.3. The SMILES string of the molecule is COc1cccnc1C(O)Cc1ccc(Cl)cc1Cl. The van der Waals surface area contributed by atoms with E-state index in [0.29, 0.717) is 27.9 Å². The van der Waals surface area contributed by atoms with Crippen LogP contribution in [0.25, 0.3) is 0 Å². The molecule has 0 saturated carbocycles. The Labute approximate surface area is 121 Å². The Morgan fingerprint density at radius 2 is 2.11 bits per heavy atom.